The van der Waals surface area contributed by atoms with Crippen LogP contribution in [0.15, 0.2) is 24.4 Å². The van der Waals surface area contributed by atoms with Gasteiger partial charge >= 0.3 is 0 Å². The van der Waals surface area contributed by atoms with Gasteiger partial charge in [-0.25, -0.2) is 4.68 Å². The predicted octanol–water partition coefficient (Wildman–Crippen LogP) is 4.43. The van der Waals surface area contributed by atoms with E-state index in [-0.39, 0.29) is 18.0 Å². The molecule has 0 radical (unpaired) electrons. The van der Waals surface area contributed by atoms with Crippen LogP contribution < -0.4 is 4.74 Å². The van der Waals surface area contributed by atoms with Crippen molar-refractivity contribution in [2.75, 3.05) is 7.11 Å². The van der Waals surface area contributed by atoms with Gasteiger partial charge in [0.2, 0.25) is 5.88 Å². The molecule has 4 heterocycles. The fraction of sp³-hybridized carbons (Fsp3) is 0.409. The zero-order chi connectivity index (χ0) is 21.9. The summed E-state index contributed by atoms with van der Waals surface area (Å²) in [6, 6.07) is 5.58. The van der Waals surface area contributed by atoms with Crippen LogP contribution in [-0.4, -0.2) is 43.5 Å². The Kier molecular flexibility index (Phi) is 4.98. The molecule has 162 valence electrons. The van der Waals surface area contributed by atoms with Crippen molar-refractivity contribution in [3.63, 3.8) is 0 Å². The summed E-state index contributed by atoms with van der Waals surface area (Å²) in [4.78, 5) is 15.6. The van der Waals surface area contributed by atoms with Gasteiger partial charge in [0, 0.05) is 41.3 Å². The highest BCUT2D eigenvalue weighted by Crippen LogP contribution is 2.45. The summed E-state index contributed by atoms with van der Waals surface area (Å²) in [5, 5.41) is 10.3. The van der Waals surface area contributed by atoms with Gasteiger partial charge in [0.25, 0.3) is 5.91 Å². The number of piperidine rings is 1. The highest BCUT2D eigenvalue weighted by Gasteiger charge is 2.44. The Morgan fingerprint density at radius 1 is 1.13 bits per heavy atom. The van der Waals surface area contributed by atoms with E-state index in [0.29, 0.717) is 21.5 Å². The van der Waals surface area contributed by atoms with Gasteiger partial charge < -0.3 is 9.64 Å². The van der Waals surface area contributed by atoms with Crippen LogP contribution in [0.3, 0.4) is 0 Å². The van der Waals surface area contributed by atoms with Crippen LogP contribution in [-0.2, 0) is 20.5 Å². The third kappa shape index (κ3) is 3.22. The predicted molar refractivity (Wildman–Crippen MR) is 119 cm³/mol. The molecular formula is C22H23Cl2N5O2. The molecule has 1 saturated heterocycles. The Labute approximate surface area is 190 Å². The number of rotatable bonds is 3. The van der Waals surface area contributed by atoms with Gasteiger partial charge in [-0.1, -0.05) is 23.2 Å². The van der Waals surface area contributed by atoms with Crippen molar-refractivity contribution in [1.29, 1.82) is 0 Å². The molecule has 2 bridgehead atoms. The molecular weight excluding hydrogens is 437 g/mol. The Morgan fingerprint density at radius 3 is 2.58 bits per heavy atom. The number of hydrogen-bond acceptors (Lipinski definition) is 4. The van der Waals surface area contributed by atoms with Crippen molar-refractivity contribution < 1.29 is 9.53 Å². The Morgan fingerprint density at radius 2 is 1.87 bits per heavy atom. The van der Waals surface area contributed by atoms with Gasteiger partial charge in [-0.15, -0.1) is 0 Å². The molecule has 1 amide bonds. The van der Waals surface area contributed by atoms with Crippen molar-refractivity contribution in [1.82, 2.24) is 24.5 Å². The maximum atomic E-state index is 13.6. The number of halogens is 2. The minimum absolute atomic E-state index is 0.0525. The number of amides is 1. The first-order chi connectivity index (χ1) is 14.9. The van der Waals surface area contributed by atoms with E-state index in [4.69, 9.17) is 33.0 Å². The summed E-state index contributed by atoms with van der Waals surface area (Å²) in [7, 11) is 5.26. The summed E-state index contributed by atoms with van der Waals surface area (Å²) >= 11 is 12.5. The van der Waals surface area contributed by atoms with Crippen LogP contribution in [0.5, 0.6) is 5.88 Å². The lowest BCUT2D eigenvalue weighted by Gasteiger charge is -2.45. The molecule has 2 aromatic heterocycles. The fourth-order valence-electron chi connectivity index (χ4n) is 5.15. The smallest absolute Gasteiger partial charge is 0.261 e. The Bertz CT molecular complexity index is 1160. The van der Waals surface area contributed by atoms with E-state index in [1.165, 1.54) is 5.56 Å². The van der Waals surface area contributed by atoms with Crippen LogP contribution in [0.25, 0.3) is 11.3 Å². The third-order valence-corrected chi connectivity index (χ3v) is 6.79. The molecule has 2 aliphatic heterocycles. The van der Waals surface area contributed by atoms with E-state index in [9.17, 15) is 4.79 Å². The molecule has 0 spiro atoms. The van der Waals surface area contributed by atoms with E-state index in [2.05, 4.69) is 5.10 Å². The third-order valence-electron chi connectivity index (χ3n) is 6.35. The second-order valence-electron chi connectivity index (χ2n) is 8.20. The molecule has 2 aliphatic rings. The summed E-state index contributed by atoms with van der Waals surface area (Å²) in [5.41, 5.74) is 4.59. The second kappa shape index (κ2) is 7.57. The van der Waals surface area contributed by atoms with Gasteiger partial charge in [0.15, 0.2) is 0 Å². The average molecular weight is 460 g/mol. The molecule has 31 heavy (non-hydrogen) atoms. The normalized spacial score (nSPS) is 20.0. The second-order valence-corrected chi connectivity index (χ2v) is 9.08. The molecule has 5 rings (SSSR count). The summed E-state index contributed by atoms with van der Waals surface area (Å²) < 4.78 is 8.90. The summed E-state index contributed by atoms with van der Waals surface area (Å²) in [6.45, 7) is 0. The molecule has 0 unspecified atom stereocenters. The first kappa shape index (κ1) is 20.4. The SMILES string of the molecule is COc1c(C(=O)N2[C@@H]3CCC[C@H]2c2nn(C)c(-c4cc(Cl)cc(Cl)c4)c2C3)cnn1C. The number of benzene rings is 1. The Hall–Kier alpha value is -2.51. The van der Waals surface area contributed by atoms with Gasteiger partial charge in [-0.3, -0.25) is 9.48 Å². The molecule has 0 aliphatic carbocycles. The standard InChI is InChI=1S/C22H23Cl2N5O2/c1-27-20(12-7-13(23)9-14(24)8-12)16-10-15-5-4-6-18(19(16)26-27)29(15)21(30)17-11-25-28(2)22(17)31-3/h7-9,11,15,18H,4-6,10H2,1-3H3/t15-,18+/m1/s1. The summed E-state index contributed by atoms with van der Waals surface area (Å²) in [5.74, 6) is 0.424. The van der Waals surface area contributed by atoms with Crippen molar-refractivity contribution >= 4 is 29.1 Å². The molecule has 9 heteroatoms. The van der Waals surface area contributed by atoms with Crippen LogP contribution >= 0.6 is 23.2 Å². The molecule has 1 aromatic carbocycles. The van der Waals surface area contributed by atoms with Crippen molar-refractivity contribution in [2.45, 2.75) is 37.8 Å². The molecule has 7 nitrogen and oxygen atoms in total. The number of fused-ring (bicyclic) bond motifs is 4. The van der Waals surface area contributed by atoms with Gasteiger partial charge in [0.1, 0.15) is 5.56 Å². The van der Waals surface area contributed by atoms with E-state index in [1.807, 2.05) is 28.8 Å². The zero-order valence-electron chi connectivity index (χ0n) is 17.6. The number of methoxy groups -OCH3 is 1. The van der Waals surface area contributed by atoms with E-state index >= 15 is 0 Å². The van der Waals surface area contributed by atoms with Crippen LogP contribution in [0.1, 0.15) is 46.9 Å². The molecule has 3 aromatic rings. The van der Waals surface area contributed by atoms with Gasteiger partial charge in [-0.2, -0.15) is 10.2 Å². The topological polar surface area (TPSA) is 65.2 Å². The highest BCUT2D eigenvalue weighted by atomic mass is 35.5. The first-order valence-electron chi connectivity index (χ1n) is 10.3. The zero-order valence-corrected chi connectivity index (χ0v) is 19.1. The van der Waals surface area contributed by atoms with Crippen LogP contribution in [0.4, 0.5) is 0 Å². The number of hydrogen-bond donors (Lipinski definition) is 0. The van der Waals surface area contributed by atoms with Gasteiger partial charge in [-0.05, 0) is 43.9 Å². The Balaban J connectivity index is 1.59. The number of ether oxygens (including phenoxy) is 1. The number of nitrogens with zero attached hydrogens (tertiary/aromatic N) is 5. The lowest BCUT2D eigenvalue weighted by atomic mass is 9.81. The minimum Gasteiger partial charge on any atom is -0.481 e. The van der Waals surface area contributed by atoms with E-state index in [0.717, 1.165) is 42.6 Å². The quantitative estimate of drug-likeness (QED) is 0.580. The van der Waals surface area contributed by atoms with Crippen molar-refractivity contribution in [3.8, 4) is 17.1 Å². The maximum absolute atomic E-state index is 13.6. The highest BCUT2D eigenvalue weighted by molar-refractivity contribution is 6.35. The van der Waals surface area contributed by atoms with Crippen LogP contribution in [0.2, 0.25) is 10.0 Å². The van der Waals surface area contributed by atoms with Crippen molar-refractivity contribution in [2.24, 2.45) is 14.1 Å². The molecule has 0 saturated carbocycles. The minimum atomic E-state index is -0.0745. The fourth-order valence-corrected chi connectivity index (χ4v) is 5.68. The number of aryl methyl sites for hydroxylation is 2. The van der Waals surface area contributed by atoms with Crippen molar-refractivity contribution in [3.05, 3.63) is 51.3 Å². The molecule has 1 fully saturated rings. The van der Waals surface area contributed by atoms with Crippen LogP contribution in [0, 0.1) is 0 Å². The lowest BCUT2D eigenvalue weighted by molar-refractivity contribution is 0.0388. The summed E-state index contributed by atoms with van der Waals surface area (Å²) in [6.07, 6.45) is 5.23. The largest absolute Gasteiger partial charge is 0.481 e. The monoisotopic (exact) mass is 459 g/mol. The number of carbonyl (C=O) groups is 1. The van der Waals surface area contributed by atoms with Gasteiger partial charge in [0.05, 0.1) is 30.7 Å². The van der Waals surface area contributed by atoms with E-state index < -0.39 is 0 Å². The lowest BCUT2D eigenvalue weighted by Crippen LogP contribution is -2.49. The number of carbonyl (C=O) groups excluding carboxylic acids is 1. The number of aromatic nitrogens is 4. The van der Waals surface area contributed by atoms with E-state index in [1.54, 1.807) is 31.1 Å². The molecule has 0 N–H and O–H groups in total. The molecule has 2 atom stereocenters. The first-order valence-corrected chi connectivity index (χ1v) is 11.1. The maximum Gasteiger partial charge on any atom is 0.261 e. The average Bonchev–Trinajstić information content (AvgIpc) is 3.25.